The molecule has 2 aromatic rings. The molecule has 0 aliphatic carbocycles. The lowest BCUT2D eigenvalue weighted by molar-refractivity contribution is 0.0536. The van der Waals surface area contributed by atoms with E-state index in [9.17, 15) is 5.26 Å². The van der Waals surface area contributed by atoms with Crippen LogP contribution in [0.2, 0.25) is 0 Å². The van der Waals surface area contributed by atoms with Gasteiger partial charge in [0.05, 0.1) is 18.5 Å². The lowest BCUT2D eigenvalue weighted by Crippen LogP contribution is -2.35. The van der Waals surface area contributed by atoms with Crippen molar-refractivity contribution in [3.8, 4) is 6.07 Å². The average molecular weight is 368 g/mol. The second-order valence-electron chi connectivity index (χ2n) is 5.93. The largest absolute Gasteiger partial charge is 0.378 e. The van der Waals surface area contributed by atoms with Gasteiger partial charge in [-0.3, -0.25) is 0 Å². The number of nitrogens with zero attached hydrogens (tertiary/aromatic N) is 2. The molecule has 0 bridgehead atoms. The molecule has 1 saturated heterocycles. The standard InChI is InChI=1S/C20H21N2OPS/c1-17(22-12-14-23-15-13-22)20(16-21)24(25,18-8-4-2-5-9-18)19-10-6-3-7-11-19/h2-11H,12-15H2,1H3/b20-17+. The number of morpholine rings is 1. The summed E-state index contributed by atoms with van der Waals surface area (Å²) >= 11 is 6.27. The van der Waals surface area contributed by atoms with E-state index in [0.717, 1.165) is 34.7 Å². The van der Waals surface area contributed by atoms with E-state index in [1.165, 1.54) is 0 Å². The molecule has 0 saturated carbocycles. The van der Waals surface area contributed by atoms with Crippen LogP contribution >= 0.6 is 6.04 Å². The number of nitriles is 1. The second kappa shape index (κ2) is 7.97. The first-order valence-corrected chi connectivity index (χ1v) is 11.1. The molecule has 1 fully saturated rings. The van der Waals surface area contributed by atoms with Gasteiger partial charge in [0, 0.05) is 24.8 Å². The molecule has 1 aliphatic rings. The van der Waals surface area contributed by atoms with Crippen molar-refractivity contribution in [2.75, 3.05) is 26.3 Å². The smallest absolute Gasteiger partial charge is 0.103 e. The Morgan fingerprint density at radius 1 is 1.00 bits per heavy atom. The molecule has 3 rings (SSSR count). The first kappa shape index (κ1) is 17.9. The predicted octanol–water partition coefficient (Wildman–Crippen LogP) is 3.20. The molecule has 0 spiro atoms. The van der Waals surface area contributed by atoms with Crippen molar-refractivity contribution in [1.29, 1.82) is 5.26 Å². The van der Waals surface area contributed by atoms with Crippen molar-refractivity contribution in [1.82, 2.24) is 4.90 Å². The van der Waals surface area contributed by atoms with E-state index in [4.69, 9.17) is 16.5 Å². The minimum absolute atomic E-state index is 0.690. The lowest BCUT2D eigenvalue weighted by Gasteiger charge is -2.33. The molecule has 0 amide bonds. The predicted molar refractivity (Wildman–Crippen MR) is 107 cm³/mol. The zero-order valence-corrected chi connectivity index (χ0v) is 16.0. The highest BCUT2D eigenvalue weighted by Crippen LogP contribution is 2.53. The third-order valence-electron chi connectivity index (χ3n) is 4.49. The summed E-state index contributed by atoms with van der Waals surface area (Å²) in [4.78, 5) is 2.23. The molecule has 0 atom stereocenters. The van der Waals surface area contributed by atoms with Crippen molar-refractivity contribution >= 4 is 28.5 Å². The number of hydrogen-bond acceptors (Lipinski definition) is 4. The highest BCUT2D eigenvalue weighted by Gasteiger charge is 2.30. The summed E-state index contributed by atoms with van der Waals surface area (Å²) in [6.07, 6.45) is 0. The van der Waals surface area contributed by atoms with Crippen LogP contribution in [-0.2, 0) is 16.5 Å². The van der Waals surface area contributed by atoms with Crippen LogP contribution in [0.25, 0.3) is 0 Å². The van der Waals surface area contributed by atoms with Crippen LogP contribution in [-0.4, -0.2) is 31.2 Å². The van der Waals surface area contributed by atoms with Gasteiger partial charge in [0.15, 0.2) is 0 Å². The molecule has 1 aliphatic heterocycles. The normalized spacial score (nSPS) is 16.1. The highest BCUT2D eigenvalue weighted by atomic mass is 32.4. The van der Waals surface area contributed by atoms with Crippen LogP contribution < -0.4 is 10.6 Å². The van der Waals surface area contributed by atoms with Crippen LogP contribution in [0.4, 0.5) is 0 Å². The number of benzene rings is 2. The maximum Gasteiger partial charge on any atom is 0.103 e. The van der Waals surface area contributed by atoms with Gasteiger partial charge >= 0.3 is 0 Å². The van der Waals surface area contributed by atoms with Gasteiger partial charge in [-0.25, -0.2) is 0 Å². The van der Waals surface area contributed by atoms with Crippen molar-refractivity contribution < 1.29 is 4.74 Å². The number of hydrogen-bond donors (Lipinski definition) is 0. The third-order valence-corrected chi connectivity index (χ3v) is 9.41. The van der Waals surface area contributed by atoms with Gasteiger partial charge in [-0.15, -0.1) is 0 Å². The summed E-state index contributed by atoms with van der Waals surface area (Å²) in [5.74, 6) is 0. The molecule has 3 nitrogen and oxygen atoms in total. The van der Waals surface area contributed by atoms with E-state index in [0.29, 0.717) is 13.2 Å². The van der Waals surface area contributed by atoms with Gasteiger partial charge in [-0.1, -0.05) is 72.5 Å². The quantitative estimate of drug-likeness (QED) is 0.613. The molecule has 0 unspecified atom stereocenters. The summed E-state index contributed by atoms with van der Waals surface area (Å²) in [7, 11) is 0. The van der Waals surface area contributed by atoms with Crippen LogP contribution in [0.3, 0.4) is 0 Å². The minimum atomic E-state index is -2.39. The number of allylic oxidation sites excluding steroid dienone is 2. The summed E-state index contributed by atoms with van der Waals surface area (Å²) in [6.45, 7) is 5.01. The number of rotatable bonds is 4. The Labute approximate surface area is 154 Å². The van der Waals surface area contributed by atoms with E-state index in [2.05, 4.69) is 35.2 Å². The van der Waals surface area contributed by atoms with Crippen molar-refractivity contribution in [2.45, 2.75) is 6.92 Å². The van der Waals surface area contributed by atoms with Crippen LogP contribution in [0.5, 0.6) is 0 Å². The molecule has 0 N–H and O–H groups in total. The molecule has 25 heavy (non-hydrogen) atoms. The SMILES string of the molecule is C/C(=C(/C#N)P(=S)(c1ccccc1)c1ccccc1)N1CCOCC1. The summed E-state index contributed by atoms with van der Waals surface area (Å²) in [6, 6.07) is 20.3. The summed E-state index contributed by atoms with van der Waals surface area (Å²) in [5.41, 5.74) is 0.988. The van der Waals surface area contributed by atoms with E-state index in [1.807, 2.05) is 43.3 Å². The van der Waals surface area contributed by atoms with E-state index in [-0.39, 0.29) is 0 Å². The van der Waals surface area contributed by atoms with Gasteiger partial charge in [-0.05, 0) is 17.5 Å². The Bertz CT molecular complexity index is 794. The Morgan fingerprint density at radius 2 is 1.48 bits per heavy atom. The Kier molecular flexibility index (Phi) is 5.71. The van der Waals surface area contributed by atoms with Gasteiger partial charge in [0.1, 0.15) is 6.07 Å². The molecule has 128 valence electrons. The highest BCUT2D eigenvalue weighted by molar-refractivity contribution is 8.24. The fourth-order valence-corrected chi connectivity index (χ4v) is 7.10. The van der Waals surface area contributed by atoms with E-state index < -0.39 is 6.04 Å². The average Bonchev–Trinajstić information content (AvgIpc) is 2.70. The molecule has 2 aromatic carbocycles. The van der Waals surface area contributed by atoms with Gasteiger partial charge < -0.3 is 9.64 Å². The van der Waals surface area contributed by atoms with Gasteiger partial charge in [0.2, 0.25) is 0 Å². The lowest BCUT2D eigenvalue weighted by atomic mass is 10.3. The summed E-state index contributed by atoms with van der Waals surface area (Å²) < 4.78 is 5.45. The fraction of sp³-hybridized carbons (Fsp3) is 0.250. The summed E-state index contributed by atoms with van der Waals surface area (Å²) in [5, 5.41) is 12.9. The fourth-order valence-electron chi connectivity index (χ4n) is 3.11. The Balaban J connectivity index is 2.20. The van der Waals surface area contributed by atoms with Gasteiger partial charge in [0.25, 0.3) is 0 Å². The van der Waals surface area contributed by atoms with Crippen LogP contribution in [0.1, 0.15) is 6.92 Å². The minimum Gasteiger partial charge on any atom is -0.378 e. The molecular weight excluding hydrogens is 347 g/mol. The van der Waals surface area contributed by atoms with Gasteiger partial charge in [-0.2, -0.15) is 5.26 Å². The van der Waals surface area contributed by atoms with E-state index >= 15 is 0 Å². The first-order valence-electron chi connectivity index (χ1n) is 8.33. The van der Waals surface area contributed by atoms with E-state index in [1.54, 1.807) is 0 Å². The molecule has 0 radical (unpaired) electrons. The van der Waals surface area contributed by atoms with Crippen LogP contribution in [0, 0.1) is 11.3 Å². The molecule has 1 heterocycles. The topological polar surface area (TPSA) is 36.3 Å². The molecular formula is C20H21N2OPS. The Morgan fingerprint density at radius 3 is 1.92 bits per heavy atom. The third kappa shape index (κ3) is 3.55. The molecule has 5 heteroatoms. The van der Waals surface area contributed by atoms with Crippen LogP contribution in [0.15, 0.2) is 71.7 Å². The monoisotopic (exact) mass is 368 g/mol. The van der Waals surface area contributed by atoms with Crippen molar-refractivity contribution in [3.63, 3.8) is 0 Å². The Hall–Kier alpha value is -1.92. The van der Waals surface area contributed by atoms with Crippen molar-refractivity contribution in [3.05, 3.63) is 71.7 Å². The zero-order chi connectivity index (χ0) is 17.7. The number of ether oxygens (including phenoxy) is 1. The first-order chi connectivity index (χ1) is 12.2. The zero-order valence-electron chi connectivity index (χ0n) is 14.3. The van der Waals surface area contributed by atoms with Crippen molar-refractivity contribution in [2.24, 2.45) is 0 Å². The second-order valence-corrected chi connectivity index (χ2v) is 10.3. The molecule has 0 aromatic heterocycles. The maximum atomic E-state index is 10.1. The maximum absolute atomic E-state index is 10.1.